The van der Waals surface area contributed by atoms with E-state index in [1.807, 2.05) is 19.1 Å². The number of aliphatic hydroxyl groups excluding tert-OH is 1. The Bertz CT molecular complexity index is 1280. The van der Waals surface area contributed by atoms with Gasteiger partial charge in [-0.3, -0.25) is 19.1 Å². The first-order chi connectivity index (χ1) is 20.4. The second-order valence-electron chi connectivity index (χ2n) is 14.2. The van der Waals surface area contributed by atoms with E-state index in [0.717, 1.165) is 6.42 Å². The quantitative estimate of drug-likeness (QED) is 0.312. The van der Waals surface area contributed by atoms with Crippen LogP contribution in [-0.4, -0.2) is 96.6 Å². The van der Waals surface area contributed by atoms with Crippen molar-refractivity contribution in [2.75, 3.05) is 20.3 Å². The number of fused-ring (bicyclic) bond motifs is 2. The molecular formula is C30H48N4O9S. The molecule has 2 aliphatic heterocycles. The van der Waals surface area contributed by atoms with Crippen LogP contribution in [0.2, 0.25) is 0 Å². The van der Waals surface area contributed by atoms with Gasteiger partial charge in [-0.05, 0) is 72.1 Å². The molecule has 4 rings (SSSR count). The van der Waals surface area contributed by atoms with Crippen molar-refractivity contribution in [1.29, 1.82) is 0 Å². The minimum atomic E-state index is -3.96. The van der Waals surface area contributed by atoms with Crippen LogP contribution >= 0.6 is 0 Å². The minimum Gasteiger partial charge on any atom is -0.444 e. The van der Waals surface area contributed by atoms with Gasteiger partial charge in [0.05, 0.1) is 17.5 Å². The monoisotopic (exact) mass is 640 g/mol. The zero-order valence-electron chi connectivity index (χ0n) is 26.6. The smallest absolute Gasteiger partial charge is 0.408 e. The molecule has 13 nitrogen and oxygen atoms in total. The highest BCUT2D eigenvalue weighted by atomic mass is 32.2. The number of rotatable bonds is 6. The molecule has 2 heterocycles. The Hall–Kier alpha value is -2.71. The van der Waals surface area contributed by atoms with E-state index in [4.69, 9.17) is 9.47 Å². The molecule has 1 saturated heterocycles. The summed E-state index contributed by atoms with van der Waals surface area (Å²) in [6.07, 6.45) is 4.85. The topological polar surface area (TPSA) is 180 Å². The van der Waals surface area contributed by atoms with Gasteiger partial charge in [-0.1, -0.05) is 19.1 Å². The van der Waals surface area contributed by atoms with Gasteiger partial charge >= 0.3 is 6.09 Å². The van der Waals surface area contributed by atoms with Gasteiger partial charge in [0, 0.05) is 31.9 Å². The summed E-state index contributed by atoms with van der Waals surface area (Å²) >= 11 is 0. The van der Waals surface area contributed by atoms with Crippen LogP contribution in [0.3, 0.4) is 0 Å². The van der Waals surface area contributed by atoms with E-state index < -0.39 is 79.7 Å². The number of allylic oxidation sites excluding steroid dienone is 1. The van der Waals surface area contributed by atoms with Crippen LogP contribution in [-0.2, 0) is 33.9 Å². The third-order valence-electron chi connectivity index (χ3n) is 9.15. The first-order valence-electron chi connectivity index (χ1n) is 15.4. The molecular weight excluding hydrogens is 592 g/mol. The average molecular weight is 641 g/mol. The third-order valence-corrected chi connectivity index (χ3v) is 11.3. The van der Waals surface area contributed by atoms with Gasteiger partial charge in [-0.2, -0.15) is 0 Å². The molecule has 4 amide bonds. The normalized spacial score (nSPS) is 34.8. The molecule has 1 unspecified atom stereocenters. The number of carbonyl (C=O) groups is 4. The van der Waals surface area contributed by atoms with Gasteiger partial charge in [0.25, 0.3) is 5.91 Å². The van der Waals surface area contributed by atoms with E-state index in [2.05, 4.69) is 15.4 Å². The molecule has 0 aromatic carbocycles. The van der Waals surface area contributed by atoms with E-state index >= 15 is 0 Å². The van der Waals surface area contributed by atoms with Crippen molar-refractivity contribution in [2.24, 2.45) is 17.8 Å². The fourth-order valence-corrected chi connectivity index (χ4v) is 7.47. The van der Waals surface area contributed by atoms with Crippen LogP contribution < -0.4 is 15.4 Å². The number of nitrogens with zero attached hydrogens (tertiary/aromatic N) is 1. The Morgan fingerprint density at radius 2 is 1.89 bits per heavy atom. The molecule has 44 heavy (non-hydrogen) atoms. The number of hydrogen-bond acceptors (Lipinski definition) is 9. The van der Waals surface area contributed by atoms with Crippen molar-refractivity contribution in [3.8, 4) is 0 Å². The first kappa shape index (κ1) is 34.2. The summed E-state index contributed by atoms with van der Waals surface area (Å²) in [6.45, 7) is 8.72. The summed E-state index contributed by atoms with van der Waals surface area (Å²) in [5.41, 5.74) is -2.33. The number of carbonyl (C=O) groups excluding carboxylic acids is 4. The molecule has 0 bridgehead atoms. The molecule has 4 aliphatic rings. The number of ether oxygens (including phenoxy) is 2. The molecule has 7 atom stereocenters. The summed E-state index contributed by atoms with van der Waals surface area (Å²) in [7, 11) is -2.45. The minimum absolute atomic E-state index is 0.0867. The lowest BCUT2D eigenvalue weighted by molar-refractivity contribution is -0.142. The fourth-order valence-electron chi connectivity index (χ4n) is 6.16. The maximum Gasteiger partial charge on any atom is 0.408 e. The van der Waals surface area contributed by atoms with Crippen LogP contribution in [0.15, 0.2) is 12.2 Å². The van der Waals surface area contributed by atoms with E-state index in [-0.39, 0.29) is 31.9 Å². The molecule has 0 radical (unpaired) electrons. The molecule has 3 fully saturated rings. The maximum atomic E-state index is 14.2. The zero-order chi connectivity index (χ0) is 32.7. The highest BCUT2D eigenvalue weighted by Gasteiger charge is 2.63. The molecule has 2 saturated carbocycles. The standard InChI is InChI=1S/C30H48N4O9S/c1-18-9-7-8-10-20-15-30(20,26(38)33-44(40,41)29(5)11-12-29)32-24(36)22-14-21(35)16-34(22)25(37)23(19(13-18)17-42-6)31-27(39)43-28(2,3)4/h8,10,18-23,35H,7,9,11-17H2,1-6H3,(H,31,39)(H,32,36)(H,33,38)/b10-8-/t18?,19-,20+,21+,22-,23-,30+/m0/s1. The summed E-state index contributed by atoms with van der Waals surface area (Å²) in [6, 6.07) is -2.28. The highest BCUT2D eigenvalue weighted by molar-refractivity contribution is 7.91. The second kappa shape index (κ2) is 12.6. The number of sulfonamides is 1. The first-order valence-corrected chi connectivity index (χ1v) is 16.9. The summed E-state index contributed by atoms with van der Waals surface area (Å²) in [5, 5.41) is 16.1. The zero-order valence-corrected chi connectivity index (χ0v) is 27.4. The van der Waals surface area contributed by atoms with Crippen LogP contribution in [0.5, 0.6) is 0 Å². The lowest BCUT2D eigenvalue weighted by Crippen LogP contribution is -2.60. The Kier molecular flexibility index (Phi) is 9.78. The molecule has 0 spiro atoms. The molecule has 2 aliphatic carbocycles. The van der Waals surface area contributed by atoms with Gasteiger partial charge in [0.2, 0.25) is 21.8 Å². The second-order valence-corrected chi connectivity index (χ2v) is 16.4. The van der Waals surface area contributed by atoms with Crippen LogP contribution in [0, 0.1) is 17.8 Å². The highest BCUT2D eigenvalue weighted by Crippen LogP contribution is 2.47. The number of hydrogen-bond donors (Lipinski definition) is 4. The van der Waals surface area contributed by atoms with Crippen LogP contribution in [0.25, 0.3) is 0 Å². The number of alkyl carbamates (subject to hydrolysis) is 1. The van der Waals surface area contributed by atoms with Gasteiger partial charge in [-0.25, -0.2) is 13.2 Å². The largest absolute Gasteiger partial charge is 0.444 e. The van der Waals surface area contributed by atoms with E-state index in [1.54, 1.807) is 27.7 Å². The van der Waals surface area contributed by atoms with Crippen LogP contribution in [0.4, 0.5) is 4.79 Å². The van der Waals surface area contributed by atoms with Gasteiger partial charge < -0.3 is 30.1 Å². The molecule has 4 N–H and O–H groups in total. The number of amides is 4. The lowest BCUT2D eigenvalue weighted by Gasteiger charge is -2.34. The Morgan fingerprint density at radius 1 is 1.20 bits per heavy atom. The predicted octanol–water partition coefficient (Wildman–Crippen LogP) is 1.35. The van der Waals surface area contributed by atoms with Gasteiger partial charge in [0.1, 0.15) is 23.2 Å². The summed E-state index contributed by atoms with van der Waals surface area (Å²) in [4.78, 5) is 55.7. The number of methoxy groups -OCH3 is 1. The number of nitrogens with one attached hydrogen (secondary N) is 3. The third kappa shape index (κ3) is 7.56. The van der Waals surface area contributed by atoms with Crippen molar-refractivity contribution >= 4 is 33.8 Å². The Morgan fingerprint density at radius 3 is 2.50 bits per heavy atom. The fraction of sp³-hybridized carbons (Fsp3) is 0.800. The Labute approximate surface area is 259 Å². The Balaban J connectivity index is 1.66. The summed E-state index contributed by atoms with van der Waals surface area (Å²) < 4.78 is 37.9. The average Bonchev–Trinajstić information content (AvgIpc) is 3.78. The molecule has 248 valence electrons. The molecule has 0 aromatic rings. The number of aliphatic hydroxyl groups is 1. The van der Waals surface area contributed by atoms with Crippen LogP contribution in [0.1, 0.15) is 79.6 Å². The molecule has 0 aromatic heterocycles. The van der Waals surface area contributed by atoms with E-state index in [0.29, 0.717) is 25.7 Å². The van der Waals surface area contributed by atoms with Crippen molar-refractivity contribution in [2.45, 2.75) is 114 Å². The molecule has 14 heteroatoms. The van der Waals surface area contributed by atoms with E-state index in [1.165, 1.54) is 12.0 Å². The van der Waals surface area contributed by atoms with Gasteiger partial charge in [0.15, 0.2) is 0 Å². The maximum absolute atomic E-state index is 14.2. The van der Waals surface area contributed by atoms with Crippen molar-refractivity contribution in [3.05, 3.63) is 12.2 Å². The van der Waals surface area contributed by atoms with Crippen molar-refractivity contribution in [1.82, 2.24) is 20.3 Å². The van der Waals surface area contributed by atoms with Crippen molar-refractivity contribution in [3.63, 3.8) is 0 Å². The van der Waals surface area contributed by atoms with Crippen molar-refractivity contribution < 1.29 is 42.2 Å². The van der Waals surface area contributed by atoms with E-state index in [9.17, 15) is 32.7 Å². The lowest BCUT2D eigenvalue weighted by atomic mass is 9.87. The SMILES string of the molecule is COC[C@@H]1CC(C)CC/C=C\[C@@H]2C[C@@]2(C(=O)NS(=O)(=O)C2(C)CC2)NC(=O)[C@@H]2C[C@@H](O)CN2C(=O)[C@H]1NC(=O)OC(C)(C)C. The summed E-state index contributed by atoms with van der Waals surface area (Å²) in [5.74, 6) is -2.87. The predicted molar refractivity (Wildman–Crippen MR) is 160 cm³/mol. The van der Waals surface area contributed by atoms with Gasteiger partial charge in [-0.15, -0.1) is 0 Å².